The molecule has 0 atom stereocenters. The fourth-order valence-corrected chi connectivity index (χ4v) is 4.83. The van der Waals surface area contributed by atoms with Crippen LogP contribution in [0.3, 0.4) is 0 Å². The molecule has 0 aliphatic carbocycles. The number of likely N-dealkylation sites (tertiary alicyclic amines) is 1. The molecule has 1 fully saturated rings. The zero-order valence-corrected chi connectivity index (χ0v) is 20.8. The topological polar surface area (TPSA) is 103 Å². The Bertz CT molecular complexity index is 1300. The summed E-state index contributed by atoms with van der Waals surface area (Å²) >= 11 is 0. The third kappa shape index (κ3) is 5.69. The molecule has 186 valence electrons. The molecule has 1 aliphatic rings. The van der Waals surface area contributed by atoms with E-state index in [0.29, 0.717) is 49.1 Å². The smallest absolute Gasteiger partial charge is 0.220 e. The first-order chi connectivity index (χ1) is 17.5. The zero-order valence-electron chi connectivity index (χ0n) is 20.8. The second kappa shape index (κ2) is 11.7. The number of nitrogens with one attached hydrogen (secondary N) is 1. The Morgan fingerprint density at radius 3 is 2.64 bits per heavy atom. The molecule has 8 nitrogen and oxygen atoms in total. The van der Waals surface area contributed by atoms with Crippen LogP contribution in [0.1, 0.15) is 52.9 Å². The Morgan fingerprint density at radius 1 is 1.19 bits per heavy atom. The minimum Gasteiger partial charge on any atom is -0.354 e. The number of aryl methyl sites for hydroxylation is 1. The number of carbonyl (C=O) groups excluding carboxylic acids is 2. The highest BCUT2D eigenvalue weighted by Gasteiger charge is 2.24. The molecule has 1 N–H and O–H groups in total. The second-order valence-corrected chi connectivity index (χ2v) is 9.22. The largest absolute Gasteiger partial charge is 0.354 e. The molecular weight excluding hydrogens is 452 g/mol. The number of aliphatic imine (C=N–C) groups is 1. The predicted molar refractivity (Wildman–Crippen MR) is 141 cm³/mol. The summed E-state index contributed by atoms with van der Waals surface area (Å²) < 4.78 is 2.03. The number of nitrogens with zero attached hydrogens (tertiary/aromatic N) is 5. The highest BCUT2D eigenvalue weighted by atomic mass is 16.1. The lowest BCUT2D eigenvalue weighted by Gasteiger charge is -2.25. The third-order valence-corrected chi connectivity index (χ3v) is 6.68. The molecule has 1 aromatic carbocycles. The van der Waals surface area contributed by atoms with E-state index in [2.05, 4.69) is 28.0 Å². The average Bonchev–Trinajstić information content (AvgIpc) is 3.19. The maximum Gasteiger partial charge on any atom is 0.220 e. The van der Waals surface area contributed by atoms with Crippen molar-refractivity contribution >= 4 is 29.4 Å². The molecule has 1 amide bonds. The first-order valence-electron chi connectivity index (χ1n) is 12.5. The van der Waals surface area contributed by atoms with Crippen molar-refractivity contribution in [2.24, 2.45) is 4.99 Å². The summed E-state index contributed by atoms with van der Waals surface area (Å²) in [6.07, 6.45) is 6.10. The number of hydrogen-bond acceptors (Lipinski definition) is 6. The quantitative estimate of drug-likeness (QED) is 0.269. The first-order valence-corrected chi connectivity index (χ1v) is 12.5. The summed E-state index contributed by atoms with van der Waals surface area (Å²) in [7, 11) is 0. The van der Waals surface area contributed by atoms with Crippen LogP contribution in [0.15, 0.2) is 41.5 Å². The van der Waals surface area contributed by atoms with Crippen molar-refractivity contribution in [3.05, 3.63) is 58.9 Å². The van der Waals surface area contributed by atoms with Crippen molar-refractivity contribution < 1.29 is 9.59 Å². The van der Waals surface area contributed by atoms with Gasteiger partial charge in [0.1, 0.15) is 0 Å². The number of benzene rings is 1. The van der Waals surface area contributed by atoms with Gasteiger partial charge in [0, 0.05) is 30.5 Å². The molecule has 0 saturated carbocycles. The van der Waals surface area contributed by atoms with Crippen molar-refractivity contribution in [1.29, 1.82) is 5.26 Å². The summed E-state index contributed by atoms with van der Waals surface area (Å²) in [6, 6.07) is 11.5. The van der Waals surface area contributed by atoms with Gasteiger partial charge < -0.3 is 9.88 Å². The number of hydrogen-bond donors (Lipinski definition) is 1. The molecule has 0 radical (unpaired) electrons. The minimum absolute atomic E-state index is 0.0465. The molecule has 36 heavy (non-hydrogen) atoms. The van der Waals surface area contributed by atoms with Gasteiger partial charge in [-0.05, 0) is 81.9 Å². The number of fused-ring (bicyclic) bond motifs is 1. The van der Waals surface area contributed by atoms with E-state index in [-0.39, 0.29) is 11.7 Å². The third-order valence-electron chi connectivity index (χ3n) is 6.68. The van der Waals surface area contributed by atoms with Crippen molar-refractivity contribution in [2.75, 3.05) is 32.7 Å². The highest BCUT2D eigenvalue weighted by molar-refractivity contribution is 6.09. The van der Waals surface area contributed by atoms with Gasteiger partial charge >= 0.3 is 0 Å². The number of aromatic nitrogens is 2. The lowest BCUT2D eigenvalue weighted by atomic mass is 10.1. The summed E-state index contributed by atoms with van der Waals surface area (Å²) in [5.74, 6) is 0.0250. The molecule has 1 saturated heterocycles. The molecule has 0 unspecified atom stereocenters. The summed E-state index contributed by atoms with van der Waals surface area (Å²) in [4.78, 5) is 36.4. The molecular formula is C28H32N6O2. The van der Waals surface area contributed by atoms with E-state index < -0.39 is 0 Å². The maximum absolute atomic E-state index is 13.5. The first kappa shape index (κ1) is 25.3. The fourth-order valence-electron chi connectivity index (χ4n) is 4.83. The Balaban J connectivity index is 1.68. The maximum atomic E-state index is 13.5. The Kier molecular flexibility index (Phi) is 8.24. The lowest BCUT2D eigenvalue weighted by molar-refractivity contribution is -0.120. The number of Topliss-reactive ketones (excluding diaryl/α,β-unsaturated/α-hetero) is 1. The molecule has 0 bridgehead atoms. The van der Waals surface area contributed by atoms with Gasteiger partial charge in [-0.3, -0.25) is 24.5 Å². The standard InChI is InChI=1S/C28H32N6O2/c1-20-27(25(35)19-33-14-4-3-5-15-33)28-24(34(20)23-9-6-21(17-29)7-10-23)16-22(18-32-28)8-11-26(36)31-13-12-30-2/h6-7,9-10,16,18H,2-5,8,11-15,19H2,1H3,(H,31,36). The summed E-state index contributed by atoms with van der Waals surface area (Å²) in [5, 5.41) is 12.0. The van der Waals surface area contributed by atoms with Gasteiger partial charge in [0.05, 0.1) is 41.3 Å². The van der Waals surface area contributed by atoms with E-state index in [1.165, 1.54) is 6.42 Å². The van der Waals surface area contributed by atoms with Crippen molar-refractivity contribution in [3.8, 4) is 11.8 Å². The second-order valence-electron chi connectivity index (χ2n) is 9.22. The molecule has 8 heteroatoms. The van der Waals surface area contributed by atoms with Gasteiger partial charge in [-0.1, -0.05) is 6.42 Å². The van der Waals surface area contributed by atoms with E-state index in [1.54, 1.807) is 18.3 Å². The minimum atomic E-state index is -0.0465. The number of pyridine rings is 1. The summed E-state index contributed by atoms with van der Waals surface area (Å²) in [6.45, 7) is 8.61. The number of ketones is 1. The van der Waals surface area contributed by atoms with Crippen LogP contribution in [-0.4, -0.2) is 65.6 Å². The normalized spacial score (nSPS) is 13.9. The molecule has 3 aromatic rings. The van der Waals surface area contributed by atoms with Gasteiger partial charge in [0.2, 0.25) is 5.91 Å². The van der Waals surface area contributed by atoms with Crippen LogP contribution in [-0.2, 0) is 11.2 Å². The van der Waals surface area contributed by atoms with E-state index in [9.17, 15) is 14.9 Å². The van der Waals surface area contributed by atoms with Gasteiger partial charge in [-0.15, -0.1) is 0 Å². The van der Waals surface area contributed by atoms with E-state index in [1.807, 2.05) is 29.7 Å². The van der Waals surface area contributed by atoms with Crippen LogP contribution >= 0.6 is 0 Å². The number of rotatable bonds is 10. The summed E-state index contributed by atoms with van der Waals surface area (Å²) in [5.41, 5.74) is 5.32. The highest BCUT2D eigenvalue weighted by Crippen LogP contribution is 2.30. The van der Waals surface area contributed by atoms with Crippen LogP contribution in [0.4, 0.5) is 0 Å². The van der Waals surface area contributed by atoms with Crippen LogP contribution in [0.2, 0.25) is 0 Å². The van der Waals surface area contributed by atoms with Crippen LogP contribution < -0.4 is 5.32 Å². The van der Waals surface area contributed by atoms with Crippen molar-refractivity contribution in [3.63, 3.8) is 0 Å². The average molecular weight is 485 g/mol. The van der Waals surface area contributed by atoms with Gasteiger partial charge in [-0.2, -0.15) is 5.26 Å². The molecule has 1 aliphatic heterocycles. The van der Waals surface area contributed by atoms with Crippen LogP contribution in [0.25, 0.3) is 16.7 Å². The predicted octanol–water partition coefficient (Wildman–Crippen LogP) is 3.62. The monoisotopic (exact) mass is 484 g/mol. The zero-order chi connectivity index (χ0) is 25.5. The van der Waals surface area contributed by atoms with Crippen molar-refractivity contribution in [1.82, 2.24) is 19.8 Å². The molecule has 0 spiro atoms. The van der Waals surface area contributed by atoms with E-state index in [4.69, 9.17) is 4.98 Å². The van der Waals surface area contributed by atoms with E-state index >= 15 is 0 Å². The number of carbonyl (C=O) groups is 2. The Hall–Kier alpha value is -3.83. The van der Waals surface area contributed by atoms with Crippen LogP contribution in [0, 0.1) is 18.3 Å². The van der Waals surface area contributed by atoms with Crippen molar-refractivity contribution in [2.45, 2.75) is 39.0 Å². The van der Waals surface area contributed by atoms with Gasteiger partial charge in [0.25, 0.3) is 0 Å². The fraction of sp³-hybridized carbons (Fsp3) is 0.393. The number of piperidine rings is 1. The SMILES string of the molecule is C=NCCNC(=O)CCc1cnc2c(C(=O)CN3CCCCC3)c(C)n(-c3ccc(C#N)cc3)c2c1. The molecule has 3 heterocycles. The number of nitriles is 1. The Morgan fingerprint density at radius 2 is 1.94 bits per heavy atom. The number of amides is 1. The van der Waals surface area contributed by atoms with E-state index in [0.717, 1.165) is 48.4 Å². The Labute approximate surface area is 211 Å². The van der Waals surface area contributed by atoms with Gasteiger partial charge in [-0.25, -0.2) is 0 Å². The molecule has 4 rings (SSSR count). The van der Waals surface area contributed by atoms with Gasteiger partial charge in [0.15, 0.2) is 5.78 Å². The molecule has 2 aromatic heterocycles. The van der Waals surface area contributed by atoms with Crippen LogP contribution in [0.5, 0.6) is 0 Å². The lowest BCUT2D eigenvalue weighted by Crippen LogP contribution is -2.34.